The molecule has 1 unspecified atom stereocenters. The van der Waals surface area contributed by atoms with E-state index in [0.717, 1.165) is 43.2 Å². The van der Waals surface area contributed by atoms with Crippen molar-refractivity contribution in [3.63, 3.8) is 0 Å². The van der Waals surface area contributed by atoms with E-state index in [9.17, 15) is 4.79 Å². The summed E-state index contributed by atoms with van der Waals surface area (Å²) in [6.45, 7) is 11.6. The predicted molar refractivity (Wildman–Crippen MR) is 87.1 cm³/mol. The van der Waals surface area contributed by atoms with Gasteiger partial charge in [0.05, 0.1) is 0 Å². The molecular weight excluding hydrogens is 246 g/mol. The highest BCUT2D eigenvalue weighted by Gasteiger charge is 2.16. The molecule has 0 heterocycles. The molecule has 0 aliphatic heterocycles. The molecule has 0 aliphatic rings. The van der Waals surface area contributed by atoms with Gasteiger partial charge in [-0.2, -0.15) is 0 Å². The molecular formula is C18H27NO. The van der Waals surface area contributed by atoms with Crippen LogP contribution < -0.4 is 0 Å². The molecule has 0 radical (unpaired) electrons. The van der Waals surface area contributed by atoms with Crippen molar-refractivity contribution in [3.8, 4) is 0 Å². The molecule has 2 nitrogen and oxygen atoms in total. The summed E-state index contributed by atoms with van der Waals surface area (Å²) in [4.78, 5) is 15.9. The highest BCUT2D eigenvalue weighted by Crippen LogP contribution is 2.22. The Bertz CT molecular complexity index is 488. The van der Waals surface area contributed by atoms with Gasteiger partial charge in [0.1, 0.15) is 6.29 Å². The SMILES string of the molecule is CCCN=C(c1cc(C)c(C=O)cc1CC)C(C)CC. The van der Waals surface area contributed by atoms with E-state index in [1.807, 2.05) is 13.0 Å². The van der Waals surface area contributed by atoms with Crippen LogP contribution in [0.4, 0.5) is 0 Å². The zero-order chi connectivity index (χ0) is 15.1. The van der Waals surface area contributed by atoms with Gasteiger partial charge in [-0.1, -0.05) is 27.7 Å². The number of carbonyl (C=O) groups excluding carboxylic acids is 1. The topological polar surface area (TPSA) is 29.4 Å². The largest absolute Gasteiger partial charge is 0.298 e. The molecule has 0 N–H and O–H groups in total. The second-order valence-corrected chi connectivity index (χ2v) is 5.41. The summed E-state index contributed by atoms with van der Waals surface area (Å²) in [6, 6.07) is 4.17. The van der Waals surface area contributed by atoms with Gasteiger partial charge in [-0.15, -0.1) is 0 Å². The Morgan fingerprint density at radius 1 is 1.30 bits per heavy atom. The summed E-state index contributed by atoms with van der Waals surface area (Å²) in [6.07, 6.45) is 4.02. The summed E-state index contributed by atoms with van der Waals surface area (Å²) in [5, 5.41) is 0. The van der Waals surface area contributed by atoms with Crippen molar-refractivity contribution in [2.45, 2.75) is 53.9 Å². The van der Waals surface area contributed by atoms with Crippen LogP contribution in [0, 0.1) is 12.8 Å². The lowest BCUT2D eigenvalue weighted by molar-refractivity contribution is 0.112. The molecule has 0 aromatic heterocycles. The number of hydrogen-bond donors (Lipinski definition) is 0. The minimum atomic E-state index is 0.452. The first kappa shape index (κ1) is 16.6. The summed E-state index contributed by atoms with van der Waals surface area (Å²) < 4.78 is 0. The third kappa shape index (κ3) is 3.78. The molecule has 0 aliphatic carbocycles. The number of carbonyl (C=O) groups is 1. The molecule has 0 saturated carbocycles. The number of benzene rings is 1. The van der Waals surface area contributed by atoms with Gasteiger partial charge in [-0.05, 0) is 60.9 Å². The number of aliphatic imine (C=N–C) groups is 1. The fourth-order valence-electron chi connectivity index (χ4n) is 2.36. The van der Waals surface area contributed by atoms with E-state index in [-0.39, 0.29) is 0 Å². The highest BCUT2D eigenvalue weighted by molar-refractivity contribution is 6.04. The van der Waals surface area contributed by atoms with Gasteiger partial charge < -0.3 is 0 Å². The monoisotopic (exact) mass is 273 g/mol. The lowest BCUT2D eigenvalue weighted by Crippen LogP contribution is -2.16. The maximum atomic E-state index is 11.1. The molecule has 1 aromatic carbocycles. The molecule has 1 aromatic rings. The van der Waals surface area contributed by atoms with E-state index in [1.165, 1.54) is 16.8 Å². The Morgan fingerprint density at radius 2 is 2.00 bits per heavy atom. The van der Waals surface area contributed by atoms with Gasteiger partial charge in [0.25, 0.3) is 0 Å². The Hall–Kier alpha value is -1.44. The first-order valence-corrected chi connectivity index (χ1v) is 7.72. The fourth-order valence-corrected chi connectivity index (χ4v) is 2.36. The van der Waals surface area contributed by atoms with Crippen molar-refractivity contribution in [2.75, 3.05) is 6.54 Å². The molecule has 0 spiro atoms. The van der Waals surface area contributed by atoms with Crippen LogP contribution in [-0.4, -0.2) is 18.5 Å². The number of nitrogens with zero attached hydrogens (tertiary/aromatic N) is 1. The molecule has 0 fully saturated rings. The second kappa shape index (κ2) is 7.98. The van der Waals surface area contributed by atoms with Crippen molar-refractivity contribution in [2.24, 2.45) is 10.9 Å². The van der Waals surface area contributed by atoms with Crippen LogP contribution in [0.15, 0.2) is 17.1 Å². The minimum Gasteiger partial charge on any atom is -0.298 e. The summed E-state index contributed by atoms with van der Waals surface area (Å²) in [5.41, 5.74) is 5.50. The second-order valence-electron chi connectivity index (χ2n) is 5.41. The van der Waals surface area contributed by atoms with Gasteiger partial charge in [0.2, 0.25) is 0 Å². The Balaban J connectivity index is 3.38. The van der Waals surface area contributed by atoms with E-state index < -0.39 is 0 Å². The van der Waals surface area contributed by atoms with Crippen LogP contribution >= 0.6 is 0 Å². The van der Waals surface area contributed by atoms with Crippen molar-refractivity contribution in [1.29, 1.82) is 0 Å². The molecule has 20 heavy (non-hydrogen) atoms. The van der Waals surface area contributed by atoms with Crippen molar-refractivity contribution >= 4 is 12.0 Å². The van der Waals surface area contributed by atoms with Crippen LogP contribution in [0.5, 0.6) is 0 Å². The van der Waals surface area contributed by atoms with E-state index in [2.05, 4.69) is 33.8 Å². The number of aryl methyl sites for hydroxylation is 2. The van der Waals surface area contributed by atoms with Gasteiger partial charge in [-0.25, -0.2) is 0 Å². The van der Waals surface area contributed by atoms with Crippen molar-refractivity contribution in [1.82, 2.24) is 0 Å². The van der Waals surface area contributed by atoms with Gasteiger partial charge in [0, 0.05) is 17.8 Å². The predicted octanol–water partition coefficient (Wildman–Crippen LogP) is 4.62. The summed E-state index contributed by atoms with van der Waals surface area (Å²) in [5.74, 6) is 0.452. The first-order valence-electron chi connectivity index (χ1n) is 7.72. The number of aldehydes is 1. The molecule has 1 atom stereocenters. The molecule has 2 heteroatoms. The van der Waals surface area contributed by atoms with E-state index in [4.69, 9.17) is 4.99 Å². The van der Waals surface area contributed by atoms with Crippen LogP contribution in [0.1, 0.15) is 67.6 Å². The highest BCUT2D eigenvalue weighted by atomic mass is 16.1. The number of rotatable bonds is 7. The molecule has 0 saturated heterocycles. The third-order valence-electron chi connectivity index (χ3n) is 3.86. The van der Waals surface area contributed by atoms with Crippen molar-refractivity contribution < 1.29 is 4.79 Å². The van der Waals surface area contributed by atoms with Gasteiger partial charge in [-0.3, -0.25) is 9.79 Å². The zero-order valence-corrected chi connectivity index (χ0v) is 13.5. The quantitative estimate of drug-likeness (QED) is 0.526. The standard InChI is InChI=1S/C18H27NO/c1-6-9-19-18(13(4)7-2)17-10-14(5)16(12-20)11-15(17)8-3/h10-13H,6-9H2,1-5H3. The lowest BCUT2D eigenvalue weighted by Gasteiger charge is -2.18. The van der Waals surface area contributed by atoms with Crippen molar-refractivity contribution in [3.05, 3.63) is 34.4 Å². The van der Waals surface area contributed by atoms with Crippen LogP contribution in [0.3, 0.4) is 0 Å². The average Bonchev–Trinajstić information content (AvgIpc) is 2.47. The normalized spacial score (nSPS) is 13.3. The lowest BCUT2D eigenvalue weighted by atomic mass is 9.89. The van der Waals surface area contributed by atoms with Gasteiger partial charge in [0.15, 0.2) is 0 Å². The number of hydrogen-bond acceptors (Lipinski definition) is 2. The Labute approximate surface area is 123 Å². The summed E-state index contributed by atoms with van der Waals surface area (Å²) in [7, 11) is 0. The molecule has 0 bridgehead atoms. The Morgan fingerprint density at radius 3 is 2.50 bits per heavy atom. The smallest absolute Gasteiger partial charge is 0.150 e. The van der Waals surface area contributed by atoms with E-state index >= 15 is 0 Å². The van der Waals surface area contributed by atoms with E-state index in [1.54, 1.807) is 0 Å². The van der Waals surface area contributed by atoms with Crippen LogP contribution in [-0.2, 0) is 6.42 Å². The molecule has 110 valence electrons. The van der Waals surface area contributed by atoms with Gasteiger partial charge >= 0.3 is 0 Å². The van der Waals surface area contributed by atoms with E-state index in [0.29, 0.717) is 5.92 Å². The zero-order valence-electron chi connectivity index (χ0n) is 13.5. The average molecular weight is 273 g/mol. The van der Waals surface area contributed by atoms with Crippen LogP contribution in [0.25, 0.3) is 0 Å². The summed E-state index contributed by atoms with van der Waals surface area (Å²) >= 11 is 0. The first-order chi connectivity index (χ1) is 9.58. The molecule has 0 amide bonds. The minimum absolute atomic E-state index is 0.452. The Kier molecular flexibility index (Phi) is 6.63. The van der Waals surface area contributed by atoms with Crippen LogP contribution in [0.2, 0.25) is 0 Å². The third-order valence-corrected chi connectivity index (χ3v) is 3.86. The fraction of sp³-hybridized carbons (Fsp3) is 0.556. The molecule has 1 rings (SSSR count). The maximum absolute atomic E-state index is 11.1. The maximum Gasteiger partial charge on any atom is 0.150 e.